The summed E-state index contributed by atoms with van der Waals surface area (Å²) in [5.41, 5.74) is 6.00. The van der Waals surface area contributed by atoms with Crippen molar-refractivity contribution in [2.24, 2.45) is 5.73 Å². The molecule has 2 N–H and O–H groups in total. The Labute approximate surface area is 89.0 Å². The summed E-state index contributed by atoms with van der Waals surface area (Å²) in [7, 11) is 1.58. The molecule has 15 heavy (non-hydrogen) atoms. The van der Waals surface area contributed by atoms with E-state index in [-0.39, 0.29) is 18.5 Å². The van der Waals surface area contributed by atoms with Crippen molar-refractivity contribution >= 4 is 0 Å². The molecule has 1 rings (SSSR count). The second-order valence-electron chi connectivity index (χ2n) is 3.22. The van der Waals surface area contributed by atoms with Crippen LogP contribution in [-0.4, -0.2) is 26.4 Å². The molecule has 0 aromatic heterocycles. The van der Waals surface area contributed by atoms with E-state index in [1.165, 1.54) is 6.07 Å². The van der Waals surface area contributed by atoms with E-state index in [0.29, 0.717) is 18.7 Å². The van der Waals surface area contributed by atoms with Crippen molar-refractivity contribution in [2.75, 3.05) is 20.3 Å². The Morgan fingerprint density at radius 2 is 2.13 bits per heavy atom. The molecule has 1 atom stereocenters. The van der Waals surface area contributed by atoms with Gasteiger partial charge in [0.2, 0.25) is 0 Å². The third-order valence-electron chi connectivity index (χ3n) is 2.05. The standard InChI is InChI=1S/C11H16FNO2/c1-14-8-10(6-13)15-7-9-4-2-3-5-11(9)12/h2-5,10H,6-8,13H2,1H3. The molecule has 1 aromatic carbocycles. The van der Waals surface area contributed by atoms with Gasteiger partial charge in [0, 0.05) is 19.2 Å². The monoisotopic (exact) mass is 213 g/mol. The molecule has 3 nitrogen and oxygen atoms in total. The number of hydrogen-bond donors (Lipinski definition) is 1. The predicted molar refractivity (Wildman–Crippen MR) is 55.9 cm³/mol. The zero-order valence-corrected chi connectivity index (χ0v) is 8.78. The first-order chi connectivity index (χ1) is 7.27. The van der Waals surface area contributed by atoms with Crippen LogP contribution in [0, 0.1) is 5.82 Å². The minimum atomic E-state index is -0.259. The summed E-state index contributed by atoms with van der Waals surface area (Å²) in [5.74, 6) is -0.259. The van der Waals surface area contributed by atoms with Crippen LogP contribution >= 0.6 is 0 Å². The predicted octanol–water partition coefficient (Wildman–Crippen LogP) is 1.32. The van der Waals surface area contributed by atoms with Gasteiger partial charge in [0.15, 0.2) is 0 Å². The van der Waals surface area contributed by atoms with Crippen LogP contribution in [0.15, 0.2) is 24.3 Å². The van der Waals surface area contributed by atoms with Gasteiger partial charge in [-0.3, -0.25) is 0 Å². The number of nitrogens with two attached hydrogens (primary N) is 1. The fourth-order valence-corrected chi connectivity index (χ4v) is 1.19. The normalized spacial score (nSPS) is 12.7. The molecule has 84 valence electrons. The molecule has 0 bridgehead atoms. The van der Waals surface area contributed by atoms with Crippen molar-refractivity contribution in [3.05, 3.63) is 35.6 Å². The largest absolute Gasteiger partial charge is 0.382 e. The maximum Gasteiger partial charge on any atom is 0.128 e. The van der Waals surface area contributed by atoms with E-state index in [2.05, 4.69) is 0 Å². The van der Waals surface area contributed by atoms with E-state index in [1.807, 2.05) is 0 Å². The second kappa shape index (κ2) is 6.50. The molecular weight excluding hydrogens is 197 g/mol. The van der Waals surface area contributed by atoms with Gasteiger partial charge in [-0.05, 0) is 6.07 Å². The molecule has 0 heterocycles. The number of hydrogen-bond acceptors (Lipinski definition) is 3. The zero-order valence-electron chi connectivity index (χ0n) is 8.78. The summed E-state index contributed by atoms with van der Waals surface area (Å²) in [4.78, 5) is 0. The Kier molecular flexibility index (Phi) is 5.25. The zero-order chi connectivity index (χ0) is 11.1. The number of halogens is 1. The van der Waals surface area contributed by atoms with Gasteiger partial charge in [-0.15, -0.1) is 0 Å². The average Bonchev–Trinajstić information content (AvgIpc) is 2.26. The van der Waals surface area contributed by atoms with Gasteiger partial charge in [0.25, 0.3) is 0 Å². The number of rotatable bonds is 6. The topological polar surface area (TPSA) is 44.5 Å². The van der Waals surface area contributed by atoms with Crippen molar-refractivity contribution < 1.29 is 13.9 Å². The van der Waals surface area contributed by atoms with Gasteiger partial charge >= 0.3 is 0 Å². The average molecular weight is 213 g/mol. The Hall–Kier alpha value is -0.970. The van der Waals surface area contributed by atoms with E-state index in [9.17, 15) is 4.39 Å². The van der Waals surface area contributed by atoms with Gasteiger partial charge in [0.1, 0.15) is 5.82 Å². The number of benzene rings is 1. The van der Waals surface area contributed by atoms with Crippen LogP contribution in [0.2, 0.25) is 0 Å². The summed E-state index contributed by atoms with van der Waals surface area (Å²) in [6.07, 6.45) is -0.186. The maximum absolute atomic E-state index is 13.2. The number of ether oxygens (including phenoxy) is 2. The molecule has 0 saturated heterocycles. The molecule has 0 radical (unpaired) electrons. The highest BCUT2D eigenvalue weighted by Gasteiger charge is 2.08. The molecule has 0 aliphatic heterocycles. The number of methoxy groups -OCH3 is 1. The van der Waals surface area contributed by atoms with Gasteiger partial charge in [-0.1, -0.05) is 18.2 Å². The van der Waals surface area contributed by atoms with Crippen LogP contribution in [0.3, 0.4) is 0 Å². The Morgan fingerprint density at radius 1 is 1.40 bits per heavy atom. The highest BCUT2D eigenvalue weighted by molar-refractivity contribution is 5.16. The maximum atomic E-state index is 13.2. The molecule has 0 amide bonds. The minimum absolute atomic E-state index is 0.186. The SMILES string of the molecule is COCC(CN)OCc1ccccc1F. The lowest BCUT2D eigenvalue weighted by atomic mass is 10.2. The fraction of sp³-hybridized carbons (Fsp3) is 0.455. The van der Waals surface area contributed by atoms with Crippen LogP contribution in [0.5, 0.6) is 0 Å². The van der Waals surface area contributed by atoms with Crippen molar-refractivity contribution in [1.82, 2.24) is 0 Å². The van der Waals surface area contributed by atoms with Crippen LogP contribution in [0.4, 0.5) is 4.39 Å². The highest BCUT2D eigenvalue weighted by Crippen LogP contribution is 2.08. The molecule has 0 saturated carbocycles. The molecule has 0 aliphatic rings. The Bertz CT molecular complexity index is 294. The molecule has 4 heteroatoms. The van der Waals surface area contributed by atoms with Gasteiger partial charge in [-0.2, -0.15) is 0 Å². The lowest BCUT2D eigenvalue weighted by molar-refractivity contribution is -0.00657. The Morgan fingerprint density at radius 3 is 2.73 bits per heavy atom. The van der Waals surface area contributed by atoms with E-state index in [1.54, 1.807) is 25.3 Å². The van der Waals surface area contributed by atoms with Crippen LogP contribution in [0.1, 0.15) is 5.56 Å². The van der Waals surface area contributed by atoms with Crippen LogP contribution < -0.4 is 5.73 Å². The second-order valence-corrected chi connectivity index (χ2v) is 3.22. The van der Waals surface area contributed by atoms with Gasteiger partial charge in [0.05, 0.1) is 19.3 Å². The molecule has 0 aliphatic carbocycles. The van der Waals surface area contributed by atoms with E-state index < -0.39 is 0 Å². The fourth-order valence-electron chi connectivity index (χ4n) is 1.19. The summed E-state index contributed by atoms with van der Waals surface area (Å²) >= 11 is 0. The first-order valence-corrected chi connectivity index (χ1v) is 4.82. The summed E-state index contributed by atoms with van der Waals surface area (Å²) < 4.78 is 23.5. The minimum Gasteiger partial charge on any atom is -0.382 e. The first-order valence-electron chi connectivity index (χ1n) is 4.82. The molecule has 1 unspecified atom stereocenters. The van der Waals surface area contributed by atoms with Crippen molar-refractivity contribution in [3.63, 3.8) is 0 Å². The van der Waals surface area contributed by atoms with E-state index >= 15 is 0 Å². The lowest BCUT2D eigenvalue weighted by Gasteiger charge is -2.15. The molecule has 0 spiro atoms. The molecular formula is C11H16FNO2. The summed E-state index contributed by atoms with van der Waals surface area (Å²) in [6.45, 7) is 1.01. The summed E-state index contributed by atoms with van der Waals surface area (Å²) in [6, 6.07) is 6.52. The van der Waals surface area contributed by atoms with Gasteiger partial charge < -0.3 is 15.2 Å². The highest BCUT2D eigenvalue weighted by atomic mass is 19.1. The van der Waals surface area contributed by atoms with Crippen LogP contribution in [-0.2, 0) is 16.1 Å². The smallest absolute Gasteiger partial charge is 0.128 e. The van der Waals surface area contributed by atoms with Crippen molar-refractivity contribution in [1.29, 1.82) is 0 Å². The molecule has 0 fully saturated rings. The lowest BCUT2D eigenvalue weighted by Crippen LogP contribution is -2.28. The third kappa shape index (κ3) is 3.95. The Balaban J connectivity index is 2.45. The molecule has 1 aromatic rings. The van der Waals surface area contributed by atoms with E-state index in [0.717, 1.165) is 0 Å². The van der Waals surface area contributed by atoms with E-state index in [4.69, 9.17) is 15.2 Å². The van der Waals surface area contributed by atoms with Gasteiger partial charge in [-0.25, -0.2) is 4.39 Å². The quantitative estimate of drug-likeness (QED) is 0.775. The van der Waals surface area contributed by atoms with Crippen molar-refractivity contribution in [2.45, 2.75) is 12.7 Å². The summed E-state index contributed by atoms with van der Waals surface area (Å²) in [5, 5.41) is 0. The third-order valence-corrected chi connectivity index (χ3v) is 2.05. The van der Waals surface area contributed by atoms with Crippen LogP contribution in [0.25, 0.3) is 0 Å². The first kappa shape index (κ1) is 12.1. The van der Waals surface area contributed by atoms with Crippen molar-refractivity contribution in [3.8, 4) is 0 Å².